The fraction of sp³-hybridized carbons (Fsp3) is 0.562. The molecule has 0 N–H and O–H groups in total. The fourth-order valence-corrected chi connectivity index (χ4v) is 3.15. The second-order valence-corrected chi connectivity index (χ2v) is 5.12. The fourth-order valence-electron chi connectivity index (χ4n) is 3.15. The smallest absolute Gasteiger partial charge is 0.139 e. The molecule has 2 heteroatoms. The minimum Gasteiger partial charge on any atom is -0.376 e. The number of rotatable bonds is 4. The molecular formula is C16H22O2. The van der Waals surface area contributed by atoms with Crippen molar-refractivity contribution < 1.29 is 9.53 Å². The third-order valence-electron chi connectivity index (χ3n) is 4.11. The highest BCUT2D eigenvalue weighted by atomic mass is 16.5. The molecule has 1 fully saturated rings. The number of carbonyl (C=O) groups is 1. The monoisotopic (exact) mass is 246 g/mol. The summed E-state index contributed by atoms with van der Waals surface area (Å²) in [5.74, 6) is 0.886. The molecule has 0 radical (unpaired) electrons. The summed E-state index contributed by atoms with van der Waals surface area (Å²) in [6, 6.07) is 10.1. The second kappa shape index (κ2) is 6.14. The van der Waals surface area contributed by atoms with E-state index in [1.165, 1.54) is 0 Å². The first-order chi connectivity index (χ1) is 8.77. The van der Waals surface area contributed by atoms with Gasteiger partial charge in [-0.05, 0) is 24.3 Å². The molecular weight excluding hydrogens is 224 g/mol. The van der Waals surface area contributed by atoms with Crippen molar-refractivity contribution in [3.63, 3.8) is 0 Å². The Morgan fingerprint density at radius 3 is 2.67 bits per heavy atom. The molecule has 1 aromatic rings. The summed E-state index contributed by atoms with van der Waals surface area (Å²) in [6.45, 7) is 2.17. The molecule has 3 atom stereocenters. The first kappa shape index (κ1) is 13.3. The van der Waals surface area contributed by atoms with E-state index in [1.807, 2.05) is 18.2 Å². The topological polar surface area (TPSA) is 26.3 Å². The average molecular weight is 246 g/mol. The van der Waals surface area contributed by atoms with Crippen LogP contribution in [0.25, 0.3) is 0 Å². The lowest BCUT2D eigenvalue weighted by molar-refractivity contribution is -0.133. The van der Waals surface area contributed by atoms with Crippen LogP contribution in [-0.2, 0) is 9.53 Å². The highest BCUT2D eigenvalue weighted by Crippen LogP contribution is 2.39. The summed E-state index contributed by atoms with van der Waals surface area (Å²) in [6.07, 6.45) is 3.89. The maximum absolute atomic E-state index is 12.3. The van der Waals surface area contributed by atoms with Crippen molar-refractivity contribution in [3.05, 3.63) is 35.9 Å². The van der Waals surface area contributed by atoms with Crippen molar-refractivity contribution in [2.45, 2.75) is 38.7 Å². The third kappa shape index (κ3) is 2.64. The summed E-state index contributed by atoms with van der Waals surface area (Å²) in [7, 11) is 1.71. The lowest BCUT2D eigenvalue weighted by Gasteiger charge is -2.35. The van der Waals surface area contributed by atoms with Crippen molar-refractivity contribution in [1.82, 2.24) is 0 Å². The zero-order chi connectivity index (χ0) is 13.0. The van der Waals surface area contributed by atoms with E-state index >= 15 is 0 Å². The van der Waals surface area contributed by atoms with Gasteiger partial charge in [0.15, 0.2) is 0 Å². The lowest BCUT2D eigenvalue weighted by Crippen LogP contribution is -2.34. The first-order valence-electron chi connectivity index (χ1n) is 6.88. The van der Waals surface area contributed by atoms with Gasteiger partial charge in [0.2, 0.25) is 0 Å². The van der Waals surface area contributed by atoms with Gasteiger partial charge in [-0.25, -0.2) is 0 Å². The second-order valence-electron chi connectivity index (χ2n) is 5.12. The molecule has 0 amide bonds. The van der Waals surface area contributed by atoms with Crippen molar-refractivity contribution >= 4 is 5.78 Å². The van der Waals surface area contributed by atoms with Crippen molar-refractivity contribution in [2.75, 3.05) is 7.11 Å². The van der Waals surface area contributed by atoms with E-state index in [4.69, 9.17) is 4.74 Å². The van der Waals surface area contributed by atoms with Gasteiger partial charge in [-0.15, -0.1) is 0 Å². The molecule has 1 aromatic carbocycles. The summed E-state index contributed by atoms with van der Waals surface area (Å²) < 4.78 is 5.66. The van der Waals surface area contributed by atoms with Crippen LogP contribution in [0.5, 0.6) is 0 Å². The molecule has 1 aliphatic rings. The summed E-state index contributed by atoms with van der Waals surface area (Å²) in [5.41, 5.74) is 1.12. The van der Waals surface area contributed by atoms with Gasteiger partial charge in [-0.3, -0.25) is 4.79 Å². The molecule has 0 bridgehead atoms. The molecule has 0 aliphatic heterocycles. The van der Waals surface area contributed by atoms with Crippen LogP contribution in [0.1, 0.15) is 44.3 Å². The average Bonchev–Trinajstić information content (AvgIpc) is 2.42. The van der Waals surface area contributed by atoms with E-state index < -0.39 is 0 Å². The molecule has 0 aromatic heterocycles. The Labute approximate surface area is 109 Å². The zero-order valence-corrected chi connectivity index (χ0v) is 11.3. The van der Waals surface area contributed by atoms with E-state index in [1.54, 1.807) is 7.11 Å². The number of ketones is 1. The predicted octanol–water partition coefficient (Wildman–Crippen LogP) is 3.77. The molecule has 2 rings (SSSR count). The maximum Gasteiger partial charge on any atom is 0.139 e. The number of benzene rings is 1. The Bertz CT molecular complexity index is 385. The van der Waals surface area contributed by atoms with Crippen LogP contribution >= 0.6 is 0 Å². The minimum atomic E-state index is -0.0797. The van der Waals surface area contributed by atoms with E-state index in [0.29, 0.717) is 18.1 Å². The van der Waals surface area contributed by atoms with Crippen LogP contribution in [0.4, 0.5) is 0 Å². The van der Waals surface area contributed by atoms with Gasteiger partial charge in [-0.1, -0.05) is 43.7 Å². The summed E-state index contributed by atoms with van der Waals surface area (Å²) >= 11 is 0. The summed E-state index contributed by atoms with van der Waals surface area (Å²) in [5, 5.41) is 0. The van der Waals surface area contributed by atoms with Crippen LogP contribution < -0.4 is 0 Å². The predicted molar refractivity (Wildman–Crippen MR) is 72.3 cm³/mol. The minimum absolute atomic E-state index is 0.0381. The van der Waals surface area contributed by atoms with Gasteiger partial charge < -0.3 is 4.74 Å². The number of hydrogen-bond acceptors (Lipinski definition) is 2. The van der Waals surface area contributed by atoms with Crippen LogP contribution in [0.2, 0.25) is 0 Å². The van der Waals surface area contributed by atoms with Gasteiger partial charge in [0.05, 0.1) is 12.0 Å². The molecule has 2 nitrogen and oxygen atoms in total. The molecule has 98 valence electrons. The lowest BCUT2D eigenvalue weighted by atomic mass is 9.72. The highest BCUT2D eigenvalue weighted by Gasteiger charge is 2.37. The van der Waals surface area contributed by atoms with Gasteiger partial charge in [0.25, 0.3) is 0 Å². The van der Waals surface area contributed by atoms with E-state index in [9.17, 15) is 4.79 Å². The first-order valence-corrected chi connectivity index (χ1v) is 6.88. The van der Waals surface area contributed by atoms with Crippen molar-refractivity contribution in [1.29, 1.82) is 0 Å². The molecule has 1 unspecified atom stereocenters. The van der Waals surface area contributed by atoms with Gasteiger partial charge in [0, 0.05) is 13.5 Å². The SMILES string of the molecule is CC[C@@H]1CCCC(=O)[C@H]1C(OC)c1ccccc1. The van der Waals surface area contributed by atoms with Crippen LogP contribution in [0, 0.1) is 11.8 Å². The van der Waals surface area contributed by atoms with Crippen LogP contribution in [0.3, 0.4) is 0 Å². The number of hydrogen-bond donors (Lipinski definition) is 0. The van der Waals surface area contributed by atoms with Gasteiger partial charge in [-0.2, -0.15) is 0 Å². The normalized spacial score (nSPS) is 26.0. The number of ether oxygens (including phenoxy) is 1. The summed E-state index contributed by atoms with van der Waals surface area (Å²) in [4.78, 5) is 12.3. The largest absolute Gasteiger partial charge is 0.376 e. The number of carbonyl (C=O) groups excluding carboxylic acids is 1. The van der Waals surface area contributed by atoms with Crippen LogP contribution in [-0.4, -0.2) is 12.9 Å². The van der Waals surface area contributed by atoms with Crippen molar-refractivity contribution in [3.8, 4) is 0 Å². The number of methoxy groups -OCH3 is 1. The Balaban J connectivity index is 2.27. The maximum atomic E-state index is 12.3. The molecule has 18 heavy (non-hydrogen) atoms. The van der Waals surface area contributed by atoms with Gasteiger partial charge in [0.1, 0.15) is 5.78 Å². The third-order valence-corrected chi connectivity index (χ3v) is 4.11. The highest BCUT2D eigenvalue weighted by molar-refractivity contribution is 5.82. The van der Waals surface area contributed by atoms with Gasteiger partial charge >= 0.3 is 0 Å². The molecule has 1 saturated carbocycles. The Morgan fingerprint density at radius 2 is 2.06 bits per heavy atom. The Hall–Kier alpha value is -1.15. The molecule has 0 spiro atoms. The van der Waals surface area contributed by atoms with E-state index in [0.717, 1.165) is 24.8 Å². The van der Waals surface area contributed by atoms with E-state index in [-0.39, 0.29) is 12.0 Å². The standard InChI is InChI=1S/C16H22O2/c1-3-12-10-7-11-14(17)15(12)16(18-2)13-8-5-4-6-9-13/h4-6,8-9,12,15-16H,3,7,10-11H2,1-2H3/t12-,15+,16?/m1/s1. The molecule has 0 saturated heterocycles. The quantitative estimate of drug-likeness (QED) is 0.808. The zero-order valence-electron chi connectivity index (χ0n) is 11.3. The van der Waals surface area contributed by atoms with Crippen molar-refractivity contribution in [2.24, 2.45) is 11.8 Å². The van der Waals surface area contributed by atoms with E-state index in [2.05, 4.69) is 19.1 Å². The molecule has 1 aliphatic carbocycles. The number of Topliss-reactive ketones (excluding diaryl/α,β-unsaturated/α-hetero) is 1. The Morgan fingerprint density at radius 1 is 1.33 bits per heavy atom. The molecule has 0 heterocycles. The van der Waals surface area contributed by atoms with Crippen LogP contribution in [0.15, 0.2) is 30.3 Å². The Kier molecular flexibility index (Phi) is 4.54.